The molecular formula is C23H27BrN2O4. The number of aliphatic carboxylic acids is 1. The van der Waals surface area contributed by atoms with Crippen LogP contribution >= 0.6 is 15.9 Å². The van der Waals surface area contributed by atoms with E-state index >= 15 is 0 Å². The van der Waals surface area contributed by atoms with E-state index < -0.39 is 12.0 Å². The minimum absolute atomic E-state index is 0.385. The van der Waals surface area contributed by atoms with Crippen molar-refractivity contribution in [3.05, 3.63) is 58.2 Å². The molecule has 3 rings (SSSR count). The number of halogens is 1. The normalized spacial score (nSPS) is 12.1. The number of rotatable bonds is 11. The third kappa shape index (κ3) is 5.34. The van der Waals surface area contributed by atoms with Crippen LogP contribution in [0.15, 0.2) is 47.1 Å². The third-order valence-corrected chi connectivity index (χ3v) is 5.36. The molecule has 0 bridgehead atoms. The topological polar surface area (TPSA) is 83.6 Å². The Morgan fingerprint density at radius 3 is 2.77 bits per heavy atom. The molecule has 0 fully saturated rings. The van der Waals surface area contributed by atoms with Gasteiger partial charge in [-0.2, -0.15) is 0 Å². The van der Waals surface area contributed by atoms with Crippen molar-refractivity contribution in [3.63, 3.8) is 0 Å². The first-order valence-corrected chi connectivity index (χ1v) is 10.9. The van der Waals surface area contributed by atoms with Gasteiger partial charge in [-0.05, 0) is 58.6 Å². The smallest absolute Gasteiger partial charge is 0.321 e. The number of carbonyl (C=O) groups is 1. The Kier molecular flexibility index (Phi) is 7.76. The highest BCUT2D eigenvalue weighted by molar-refractivity contribution is 9.10. The third-order valence-electron chi connectivity index (χ3n) is 4.77. The number of fused-ring (bicyclic) bond motifs is 1. The minimum atomic E-state index is -0.882. The van der Waals surface area contributed by atoms with Crippen molar-refractivity contribution in [1.29, 1.82) is 0 Å². The van der Waals surface area contributed by atoms with Gasteiger partial charge >= 0.3 is 5.97 Å². The molecule has 0 aliphatic rings. The quantitative estimate of drug-likeness (QED) is 0.367. The number of carboxylic acids is 1. The highest BCUT2D eigenvalue weighted by Gasteiger charge is 2.20. The van der Waals surface area contributed by atoms with Gasteiger partial charge in [0.05, 0.1) is 17.7 Å². The molecule has 0 radical (unpaired) electrons. The van der Waals surface area contributed by atoms with Gasteiger partial charge in [0.15, 0.2) is 11.5 Å². The number of H-pyrrole nitrogens is 1. The van der Waals surface area contributed by atoms with Gasteiger partial charge in [0.2, 0.25) is 0 Å². The number of aromatic amines is 1. The zero-order valence-corrected chi connectivity index (χ0v) is 18.8. The van der Waals surface area contributed by atoms with E-state index in [1.165, 1.54) is 0 Å². The Morgan fingerprint density at radius 2 is 2.03 bits per heavy atom. The summed E-state index contributed by atoms with van der Waals surface area (Å²) in [5.41, 5.74) is 2.90. The van der Waals surface area contributed by atoms with Gasteiger partial charge in [-0.3, -0.25) is 4.79 Å². The highest BCUT2D eigenvalue weighted by atomic mass is 79.9. The molecule has 1 atom stereocenters. The van der Waals surface area contributed by atoms with Crippen molar-refractivity contribution in [2.75, 3.05) is 13.2 Å². The van der Waals surface area contributed by atoms with Gasteiger partial charge in [0, 0.05) is 30.1 Å². The summed E-state index contributed by atoms with van der Waals surface area (Å²) in [5.74, 6) is 0.448. The SMILES string of the molecule is CCCOc1c(Br)cc(CN[C@H](Cc2c[nH]c3ccccc23)C(=O)O)cc1OCC. The van der Waals surface area contributed by atoms with Crippen LogP contribution in [0.5, 0.6) is 11.5 Å². The van der Waals surface area contributed by atoms with Gasteiger partial charge in [-0.1, -0.05) is 25.1 Å². The van der Waals surface area contributed by atoms with Crippen molar-refractivity contribution in [1.82, 2.24) is 10.3 Å². The molecule has 0 aliphatic heterocycles. The summed E-state index contributed by atoms with van der Waals surface area (Å²) in [6.07, 6.45) is 3.16. The molecule has 2 aromatic carbocycles. The van der Waals surface area contributed by atoms with Gasteiger partial charge in [-0.15, -0.1) is 0 Å². The monoisotopic (exact) mass is 474 g/mol. The second-order valence-electron chi connectivity index (χ2n) is 7.02. The number of ether oxygens (including phenoxy) is 2. The first-order valence-electron chi connectivity index (χ1n) is 10.1. The Bertz CT molecular complexity index is 1000. The lowest BCUT2D eigenvalue weighted by Gasteiger charge is -2.17. The fourth-order valence-corrected chi connectivity index (χ4v) is 3.94. The Hall–Kier alpha value is -2.51. The summed E-state index contributed by atoms with van der Waals surface area (Å²) in [6.45, 7) is 5.48. The summed E-state index contributed by atoms with van der Waals surface area (Å²) in [4.78, 5) is 15.1. The van der Waals surface area contributed by atoms with E-state index in [-0.39, 0.29) is 0 Å². The molecule has 3 aromatic rings. The lowest BCUT2D eigenvalue weighted by molar-refractivity contribution is -0.139. The summed E-state index contributed by atoms with van der Waals surface area (Å²) in [6, 6.07) is 11.0. The largest absolute Gasteiger partial charge is 0.490 e. The molecule has 0 amide bonds. The molecule has 0 spiro atoms. The number of hydrogen-bond acceptors (Lipinski definition) is 4. The lowest BCUT2D eigenvalue weighted by atomic mass is 10.0. The van der Waals surface area contributed by atoms with Crippen molar-refractivity contribution >= 4 is 32.8 Å². The summed E-state index contributed by atoms with van der Waals surface area (Å²) in [5, 5.41) is 13.9. The predicted octanol–water partition coefficient (Wildman–Crippen LogP) is 4.90. The fourth-order valence-electron chi connectivity index (χ4n) is 3.34. The standard InChI is InChI=1S/C23H27BrN2O4/c1-3-9-30-22-18(24)10-15(11-21(22)29-4-2)13-25-20(23(27)28)12-16-14-26-19-8-6-5-7-17(16)19/h5-8,10-11,14,20,25-26H,3-4,9,12-13H2,1-2H3,(H,27,28)/t20-/m1/s1. The highest BCUT2D eigenvalue weighted by Crippen LogP contribution is 2.37. The van der Waals surface area contributed by atoms with Crippen LogP contribution in [0.1, 0.15) is 31.4 Å². The molecule has 6 nitrogen and oxygen atoms in total. The zero-order chi connectivity index (χ0) is 21.5. The van der Waals surface area contributed by atoms with E-state index in [0.29, 0.717) is 37.7 Å². The summed E-state index contributed by atoms with van der Waals surface area (Å²) in [7, 11) is 0. The maximum Gasteiger partial charge on any atom is 0.321 e. The molecule has 30 heavy (non-hydrogen) atoms. The maximum atomic E-state index is 11.9. The molecule has 7 heteroatoms. The molecule has 1 aromatic heterocycles. The van der Waals surface area contributed by atoms with Gasteiger partial charge < -0.3 is 24.9 Å². The molecule has 160 valence electrons. The second-order valence-corrected chi connectivity index (χ2v) is 7.88. The van der Waals surface area contributed by atoms with E-state index in [1.807, 2.05) is 56.4 Å². The first-order chi connectivity index (χ1) is 14.5. The van der Waals surface area contributed by atoms with Gasteiger partial charge in [0.25, 0.3) is 0 Å². The van der Waals surface area contributed by atoms with E-state index in [1.54, 1.807) is 0 Å². The van der Waals surface area contributed by atoms with Crippen LogP contribution in [0.25, 0.3) is 10.9 Å². The Labute approximate surface area is 184 Å². The summed E-state index contributed by atoms with van der Waals surface area (Å²) < 4.78 is 12.3. The number of aromatic nitrogens is 1. The lowest BCUT2D eigenvalue weighted by Crippen LogP contribution is -2.38. The number of benzene rings is 2. The molecule has 3 N–H and O–H groups in total. The Morgan fingerprint density at radius 1 is 1.23 bits per heavy atom. The van der Waals surface area contributed by atoms with Crippen LogP contribution in [0.2, 0.25) is 0 Å². The van der Waals surface area contributed by atoms with Crippen LogP contribution in [-0.4, -0.2) is 35.3 Å². The van der Waals surface area contributed by atoms with Crippen molar-refractivity contribution in [2.45, 2.75) is 39.3 Å². The average molecular weight is 475 g/mol. The molecule has 0 saturated carbocycles. The number of nitrogens with one attached hydrogen (secondary N) is 2. The van der Waals surface area contributed by atoms with E-state index in [4.69, 9.17) is 9.47 Å². The van der Waals surface area contributed by atoms with Crippen LogP contribution in [0.4, 0.5) is 0 Å². The number of carboxylic acid groups (broad SMARTS) is 1. The number of para-hydroxylation sites is 1. The average Bonchev–Trinajstić information content (AvgIpc) is 3.13. The molecular weight excluding hydrogens is 448 g/mol. The van der Waals surface area contributed by atoms with E-state index in [0.717, 1.165) is 32.9 Å². The number of hydrogen-bond donors (Lipinski definition) is 3. The van der Waals surface area contributed by atoms with Crippen LogP contribution in [0.3, 0.4) is 0 Å². The second kappa shape index (κ2) is 10.5. The van der Waals surface area contributed by atoms with Crippen molar-refractivity contribution in [3.8, 4) is 11.5 Å². The fraction of sp³-hybridized carbons (Fsp3) is 0.348. The van der Waals surface area contributed by atoms with Gasteiger partial charge in [0.1, 0.15) is 6.04 Å². The molecule has 1 heterocycles. The van der Waals surface area contributed by atoms with E-state index in [9.17, 15) is 9.90 Å². The molecule has 0 unspecified atom stereocenters. The van der Waals surface area contributed by atoms with Crippen molar-refractivity contribution < 1.29 is 19.4 Å². The molecule has 0 aliphatic carbocycles. The first kappa shape index (κ1) is 22.2. The molecule has 0 saturated heterocycles. The predicted molar refractivity (Wildman–Crippen MR) is 121 cm³/mol. The van der Waals surface area contributed by atoms with Crippen LogP contribution in [-0.2, 0) is 17.8 Å². The Balaban J connectivity index is 1.75. The maximum absolute atomic E-state index is 11.9. The minimum Gasteiger partial charge on any atom is -0.490 e. The van der Waals surface area contributed by atoms with Crippen LogP contribution < -0.4 is 14.8 Å². The van der Waals surface area contributed by atoms with Crippen molar-refractivity contribution in [2.24, 2.45) is 0 Å². The van der Waals surface area contributed by atoms with Gasteiger partial charge in [-0.25, -0.2) is 0 Å². The zero-order valence-electron chi connectivity index (χ0n) is 17.2. The summed E-state index contributed by atoms with van der Waals surface area (Å²) >= 11 is 3.56. The van der Waals surface area contributed by atoms with E-state index in [2.05, 4.69) is 26.2 Å². The van der Waals surface area contributed by atoms with Crippen LogP contribution in [0, 0.1) is 0 Å².